The van der Waals surface area contributed by atoms with Gasteiger partial charge in [-0.1, -0.05) is 30.3 Å². The summed E-state index contributed by atoms with van der Waals surface area (Å²) in [4.78, 5) is 24.5. The van der Waals surface area contributed by atoms with Crippen molar-refractivity contribution in [3.05, 3.63) is 65.7 Å². The summed E-state index contributed by atoms with van der Waals surface area (Å²) in [6, 6.07) is 14.5. The Balaban J connectivity index is 1.95. The number of methoxy groups -OCH3 is 1. The third-order valence-electron chi connectivity index (χ3n) is 3.39. The Morgan fingerprint density at radius 2 is 1.75 bits per heavy atom. The van der Waals surface area contributed by atoms with E-state index in [9.17, 15) is 14.7 Å². The topological polar surface area (TPSA) is 87.7 Å². The van der Waals surface area contributed by atoms with Crippen LogP contribution in [0.2, 0.25) is 0 Å². The molecule has 3 N–H and O–H groups in total. The quantitative estimate of drug-likeness (QED) is 0.718. The van der Waals surface area contributed by atoms with Gasteiger partial charge in [0.2, 0.25) is 5.91 Å². The number of hydrogen-bond donors (Lipinski definition) is 3. The van der Waals surface area contributed by atoms with Gasteiger partial charge in [0, 0.05) is 19.2 Å². The molecule has 6 nitrogen and oxygen atoms in total. The maximum Gasteiger partial charge on any atom is 0.252 e. The van der Waals surface area contributed by atoms with Gasteiger partial charge in [-0.2, -0.15) is 0 Å². The van der Waals surface area contributed by atoms with Gasteiger partial charge in [0.1, 0.15) is 11.8 Å². The van der Waals surface area contributed by atoms with Crippen molar-refractivity contribution in [1.82, 2.24) is 10.6 Å². The van der Waals surface area contributed by atoms with Crippen LogP contribution < -0.4 is 10.6 Å². The van der Waals surface area contributed by atoms with Gasteiger partial charge in [-0.25, -0.2) is 0 Å². The molecule has 0 aliphatic heterocycles. The van der Waals surface area contributed by atoms with Gasteiger partial charge in [-0.15, -0.1) is 0 Å². The minimum Gasteiger partial charge on any atom is -0.508 e. The molecule has 0 aromatic heterocycles. The maximum atomic E-state index is 12.3. The minimum atomic E-state index is -0.806. The molecule has 2 rings (SSSR count). The number of amides is 2. The molecule has 0 spiro atoms. The Morgan fingerprint density at radius 1 is 1.08 bits per heavy atom. The second-order valence-corrected chi connectivity index (χ2v) is 5.23. The molecule has 0 unspecified atom stereocenters. The van der Waals surface area contributed by atoms with Crippen molar-refractivity contribution in [3.8, 4) is 5.75 Å². The smallest absolute Gasteiger partial charge is 0.252 e. The first kappa shape index (κ1) is 17.5. The van der Waals surface area contributed by atoms with Gasteiger partial charge in [-0.3, -0.25) is 9.59 Å². The Morgan fingerprint density at radius 3 is 2.38 bits per heavy atom. The number of nitrogens with one attached hydrogen (secondary N) is 2. The normalized spacial score (nSPS) is 11.5. The molecule has 0 fully saturated rings. The molecule has 0 aliphatic rings. The first-order chi connectivity index (χ1) is 11.6. The van der Waals surface area contributed by atoms with E-state index in [1.54, 1.807) is 0 Å². The van der Waals surface area contributed by atoms with Crippen molar-refractivity contribution in [2.45, 2.75) is 12.6 Å². The van der Waals surface area contributed by atoms with E-state index in [-0.39, 0.29) is 18.3 Å². The first-order valence-electron chi connectivity index (χ1n) is 7.50. The molecule has 24 heavy (non-hydrogen) atoms. The summed E-state index contributed by atoms with van der Waals surface area (Å²) in [6.07, 6.45) is 0. The van der Waals surface area contributed by atoms with Gasteiger partial charge in [-0.05, 0) is 29.8 Å². The van der Waals surface area contributed by atoms with Crippen LogP contribution in [0.1, 0.15) is 15.9 Å². The first-order valence-corrected chi connectivity index (χ1v) is 7.50. The highest BCUT2D eigenvalue weighted by Crippen LogP contribution is 2.09. The van der Waals surface area contributed by atoms with Crippen molar-refractivity contribution in [2.24, 2.45) is 0 Å². The van der Waals surface area contributed by atoms with E-state index in [0.717, 1.165) is 5.56 Å². The van der Waals surface area contributed by atoms with Crippen LogP contribution in [0.5, 0.6) is 5.75 Å². The predicted molar refractivity (Wildman–Crippen MR) is 89.5 cm³/mol. The Hall–Kier alpha value is -2.86. The van der Waals surface area contributed by atoms with Crippen LogP contribution in [0.3, 0.4) is 0 Å². The largest absolute Gasteiger partial charge is 0.508 e. The third-order valence-corrected chi connectivity index (χ3v) is 3.39. The molecule has 0 heterocycles. The van der Waals surface area contributed by atoms with Crippen molar-refractivity contribution in [3.63, 3.8) is 0 Å². The minimum absolute atomic E-state index is 0.0600. The Kier molecular flexibility index (Phi) is 6.33. The number of benzene rings is 2. The summed E-state index contributed by atoms with van der Waals surface area (Å²) in [5.74, 6) is -0.666. The van der Waals surface area contributed by atoms with Crippen molar-refractivity contribution < 1.29 is 19.4 Å². The molecule has 2 amide bonds. The fraction of sp³-hybridized carbons (Fsp3) is 0.222. The standard InChI is InChI=1S/C18H20N2O4/c1-24-12-16(18(23)19-11-13-5-3-2-4-6-13)20-17(22)14-7-9-15(21)10-8-14/h2-10,16,21H,11-12H2,1H3,(H,19,23)(H,20,22)/t16-/m1/s1. The Bertz CT molecular complexity index is 671. The molecule has 6 heteroatoms. The second-order valence-electron chi connectivity index (χ2n) is 5.23. The highest BCUT2D eigenvalue weighted by Gasteiger charge is 2.21. The van der Waals surface area contributed by atoms with Crippen LogP contribution in [0.25, 0.3) is 0 Å². The number of carbonyl (C=O) groups is 2. The van der Waals surface area contributed by atoms with E-state index in [2.05, 4.69) is 10.6 Å². The molecule has 2 aromatic rings. The second kappa shape index (κ2) is 8.69. The molecular weight excluding hydrogens is 308 g/mol. The van der Waals surface area contributed by atoms with Gasteiger partial charge < -0.3 is 20.5 Å². The summed E-state index contributed by atoms with van der Waals surface area (Å²) in [5, 5.41) is 14.7. The van der Waals surface area contributed by atoms with Crippen molar-refractivity contribution in [1.29, 1.82) is 0 Å². The van der Waals surface area contributed by atoms with Crippen LogP contribution in [-0.2, 0) is 16.1 Å². The maximum absolute atomic E-state index is 12.3. The molecule has 0 radical (unpaired) electrons. The summed E-state index contributed by atoms with van der Waals surface area (Å²) in [7, 11) is 1.46. The zero-order valence-electron chi connectivity index (χ0n) is 13.4. The SMILES string of the molecule is COC[C@@H](NC(=O)c1ccc(O)cc1)C(=O)NCc1ccccc1. The summed E-state index contributed by atoms with van der Waals surface area (Å²) in [6.45, 7) is 0.430. The zero-order chi connectivity index (χ0) is 17.4. The van der Waals surface area contributed by atoms with E-state index in [1.807, 2.05) is 30.3 Å². The number of aromatic hydroxyl groups is 1. The van der Waals surface area contributed by atoms with Crippen molar-refractivity contribution in [2.75, 3.05) is 13.7 Å². The van der Waals surface area contributed by atoms with E-state index in [1.165, 1.54) is 31.4 Å². The molecular formula is C18H20N2O4. The van der Waals surface area contributed by atoms with Crippen LogP contribution in [-0.4, -0.2) is 36.7 Å². The molecule has 0 aliphatic carbocycles. The van der Waals surface area contributed by atoms with E-state index in [4.69, 9.17) is 4.74 Å². The van der Waals surface area contributed by atoms with Crippen LogP contribution in [0.15, 0.2) is 54.6 Å². The van der Waals surface area contributed by atoms with E-state index in [0.29, 0.717) is 12.1 Å². The average Bonchev–Trinajstić information content (AvgIpc) is 2.60. The number of rotatable bonds is 7. The average molecular weight is 328 g/mol. The fourth-order valence-electron chi connectivity index (χ4n) is 2.11. The summed E-state index contributed by atoms with van der Waals surface area (Å²) < 4.78 is 5.02. The highest BCUT2D eigenvalue weighted by molar-refractivity contribution is 5.97. The number of phenols is 1. The monoisotopic (exact) mass is 328 g/mol. The van der Waals surface area contributed by atoms with E-state index < -0.39 is 11.9 Å². The third kappa shape index (κ3) is 5.10. The highest BCUT2D eigenvalue weighted by atomic mass is 16.5. The lowest BCUT2D eigenvalue weighted by Gasteiger charge is -2.18. The van der Waals surface area contributed by atoms with Crippen LogP contribution in [0.4, 0.5) is 0 Å². The lowest BCUT2D eigenvalue weighted by atomic mass is 10.1. The Labute approximate surface area is 140 Å². The molecule has 0 saturated heterocycles. The number of hydrogen-bond acceptors (Lipinski definition) is 4. The van der Waals surface area contributed by atoms with Crippen molar-refractivity contribution >= 4 is 11.8 Å². The molecule has 1 atom stereocenters. The van der Waals surface area contributed by atoms with Crippen LogP contribution >= 0.6 is 0 Å². The number of ether oxygens (including phenoxy) is 1. The predicted octanol–water partition coefficient (Wildman–Crippen LogP) is 1.45. The van der Waals surface area contributed by atoms with Crippen LogP contribution in [0, 0.1) is 0 Å². The molecule has 126 valence electrons. The zero-order valence-corrected chi connectivity index (χ0v) is 13.4. The lowest BCUT2D eigenvalue weighted by molar-refractivity contribution is -0.124. The van der Waals surface area contributed by atoms with Gasteiger partial charge in [0.05, 0.1) is 6.61 Å². The van der Waals surface area contributed by atoms with E-state index >= 15 is 0 Å². The van der Waals surface area contributed by atoms with Gasteiger partial charge in [0.15, 0.2) is 0 Å². The molecule has 0 saturated carbocycles. The lowest BCUT2D eigenvalue weighted by Crippen LogP contribution is -2.49. The molecule has 0 bridgehead atoms. The summed E-state index contributed by atoms with van der Waals surface area (Å²) in [5.41, 5.74) is 1.32. The number of phenolic OH excluding ortho intramolecular Hbond substituents is 1. The molecule has 2 aromatic carbocycles. The fourth-order valence-corrected chi connectivity index (χ4v) is 2.11. The summed E-state index contributed by atoms with van der Waals surface area (Å²) >= 11 is 0. The van der Waals surface area contributed by atoms with Gasteiger partial charge in [0.25, 0.3) is 5.91 Å². The van der Waals surface area contributed by atoms with Gasteiger partial charge >= 0.3 is 0 Å². The number of carbonyl (C=O) groups excluding carboxylic acids is 2.